The molecule has 1 fully saturated rings. The summed E-state index contributed by atoms with van der Waals surface area (Å²) in [4.78, 5) is 18.5. The minimum absolute atomic E-state index is 0.00624. The van der Waals surface area contributed by atoms with Gasteiger partial charge in [0.25, 0.3) is 0 Å². The number of fused-ring (bicyclic) bond motifs is 2. The number of hydrogen-bond donors (Lipinski definition) is 0. The van der Waals surface area contributed by atoms with Crippen molar-refractivity contribution in [1.29, 1.82) is 0 Å². The van der Waals surface area contributed by atoms with Crippen LogP contribution in [0.2, 0.25) is 0 Å². The fourth-order valence-electron chi connectivity index (χ4n) is 4.54. The Bertz CT molecular complexity index is 860. The smallest absolute Gasteiger partial charge is 0.338 e. The molecule has 1 saturated carbocycles. The van der Waals surface area contributed by atoms with Gasteiger partial charge in [-0.25, -0.2) is 4.98 Å². The van der Waals surface area contributed by atoms with Crippen LogP contribution >= 0.6 is 0 Å². The molecule has 0 bridgehead atoms. The number of nitrogens with zero attached hydrogens (tertiary/aromatic N) is 3. The molecule has 1 heterocycles. The van der Waals surface area contributed by atoms with Crippen molar-refractivity contribution in [3.8, 4) is 0 Å². The molecule has 2 aliphatic rings. The Morgan fingerprint density at radius 1 is 1.37 bits per heavy atom. The van der Waals surface area contributed by atoms with Gasteiger partial charge >= 0.3 is 6.18 Å². The van der Waals surface area contributed by atoms with Gasteiger partial charge in [0.05, 0.1) is 6.54 Å². The average Bonchev–Trinajstić information content (AvgIpc) is 3.17. The van der Waals surface area contributed by atoms with E-state index in [2.05, 4.69) is 17.1 Å². The number of hydrogen-bond acceptors (Lipinski definition) is 2. The van der Waals surface area contributed by atoms with E-state index in [1.807, 2.05) is 12.1 Å². The second-order valence-corrected chi connectivity index (χ2v) is 7.70. The molecule has 4 rings (SSSR count). The Morgan fingerprint density at radius 2 is 2.15 bits per heavy atom. The van der Waals surface area contributed by atoms with Gasteiger partial charge in [-0.05, 0) is 36.8 Å². The van der Waals surface area contributed by atoms with Gasteiger partial charge in [-0.15, -0.1) is 0 Å². The van der Waals surface area contributed by atoms with E-state index in [0.29, 0.717) is 0 Å². The fourth-order valence-corrected chi connectivity index (χ4v) is 4.54. The maximum Gasteiger partial charge on any atom is 0.406 e. The normalized spacial score (nSPS) is 23.9. The highest BCUT2D eigenvalue weighted by Gasteiger charge is 2.60. The number of aryl methyl sites for hydroxylation is 1. The van der Waals surface area contributed by atoms with Crippen LogP contribution in [-0.2, 0) is 29.7 Å². The number of aromatic nitrogens is 2. The molecule has 0 radical (unpaired) electrons. The monoisotopic (exact) mass is 377 g/mol. The molecule has 0 aliphatic heterocycles. The molecule has 1 aromatic heterocycles. The molecule has 1 aromatic carbocycles. The predicted molar refractivity (Wildman–Crippen MR) is 93.9 cm³/mol. The van der Waals surface area contributed by atoms with E-state index in [1.165, 1.54) is 28.4 Å². The Morgan fingerprint density at radius 3 is 2.93 bits per heavy atom. The van der Waals surface area contributed by atoms with Crippen molar-refractivity contribution in [3.05, 3.63) is 53.6 Å². The molecule has 144 valence electrons. The van der Waals surface area contributed by atoms with Gasteiger partial charge in [0.15, 0.2) is 0 Å². The minimum Gasteiger partial charge on any atom is -0.338 e. The lowest BCUT2D eigenvalue weighted by Gasteiger charge is -2.27. The molecule has 2 aromatic rings. The van der Waals surface area contributed by atoms with Crippen LogP contribution < -0.4 is 0 Å². The number of carbonyl (C=O) groups excluding carboxylic acids is 1. The number of carbonyl (C=O) groups is 1. The van der Waals surface area contributed by atoms with Crippen molar-refractivity contribution in [2.24, 2.45) is 5.92 Å². The molecule has 1 spiro atoms. The molecule has 0 N–H and O–H groups in total. The van der Waals surface area contributed by atoms with E-state index in [1.54, 1.807) is 7.05 Å². The Kier molecular flexibility index (Phi) is 4.28. The number of amides is 1. The van der Waals surface area contributed by atoms with E-state index in [0.717, 1.165) is 30.3 Å². The number of alkyl halides is 3. The Balaban J connectivity index is 1.47. The zero-order valence-electron chi connectivity index (χ0n) is 15.2. The summed E-state index contributed by atoms with van der Waals surface area (Å²) in [6.07, 6.45) is 2.27. The van der Waals surface area contributed by atoms with E-state index >= 15 is 0 Å². The third kappa shape index (κ3) is 3.35. The van der Waals surface area contributed by atoms with Crippen molar-refractivity contribution in [2.75, 3.05) is 7.05 Å². The summed E-state index contributed by atoms with van der Waals surface area (Å²) < 4.78 is 39.1. The van der Waals surface area contributed by atoms with Gasteiger partial charge in [0, 0.05) is 30.8 Å². The van der Waals surface area contributed by atoms with Gasteiger partial charge < -0.3 is 9.47 Å². The average molecular weight is 377 g/mol. The molecule has 4 nitrogen and oxygen atoms in total. The highest BCUT2D eigenvalue weighted by molar-refractivity contribution is 5.84. The Hall–Kier alpha value is -2.31. The van der Waals surface area contributed by atoms with Crippen LogP contribution in [0, 0.1) is 5.92 Å². The maximum absolute atomic E-state index is 13.0. The molecule has 7 heteroatoms. The lowest BCUT2D eigenvalue weighted by Crippen LogP contribution is -2.33. The third-order valence-corrected chi connectivity index (χ3v) is 5.90. The first-order valence-corrected chi connectivity index (χ1v) is 9.20. The first-order chi connectivity index (χ1) is 12.8. The second-order valence-electron chi connectivity index (χ2n) is 7.70. The molecule has 2 unspecified atom stereocenters. The van der Waals surface area contributed by atoms with Crippen LogP contribution in [-0.4, -0.2) is 33.6 Å². The van der Waals surface area contributed by atoms with Crippen LogP contribution in [0.1, 0.15) is 36.2 Å². The minimum atomic E-state index is -4.32. The standard InChI is InChI=1S/C20H22F3N3O/c1-25(12-17-24-9-10-26(17)13-20(21,22)23)18(27)16-11-19(16)8-4-6-14-5-2-3-7-15(14)19/h2-3,5,7,9-10,16H,4,6,8,11-13H2,1H3. The molecular formula is C20H22F3N3O. The number of imidazole rings is 1. The van der Waals surface area contributed by atoms with E-state index < -0.39 is 12.7 Å². The molecule has 1 amide bonds. The van der Waals surface area contributed by atoms with Gasteiger partial charge in [-0.1, -0.05) is 24.3 Å². The number of benzene rings is 1. The highest BCUT2D eigenvalue weighted by Crippen LogP contribution is 2.60. The number of halogens is 3. The first-order valence-electron chi connectivity index (χ1n) is 9.20. The van der Waals surface area contributed by atoms with E-state index in [-0.39, 0.29) is 29.6 Å². The molecule has 2 aliphatic carbocycles. The maximum atomic E-state index is 13.0. The van der Waals surface area contributed by atoms with Crippen molar-refractivity contribution in [1.82, 2.24) is 14.5 Å². The topological polar surface area (TPSA) is 38.1 Å². The van der Waals surface area contributed by atoms with Crippen molar-refractivity contribution in [2.45, 2.75) is 50.4 Å². The molecule has 27 heavy (non-hydrogen) atoms. The third-order valence-electron chi connectivity index (χ3n) is 5.90. The fraction of sp³-hybridized carbons (Fsp3) is 0.500. The van der Waals surface area contributed by atoms with E-state index in [9.17, 15) is 18.0 Å². The molecule has 2 atom stereocenters. The molecular weight excluding hydrogens is 355 g/mol. The Labute approximate surface area is 156 Å². The summed E-state index contributed by atoms with van der Waals surface area (Å²) >= 11 is 0. The second kappa shape index (κ2) is 6.39. The van der Waals surface area contributed by atoms with Crippen LogP contribution in [0.5, 0.6) is 0 Å². The summed E-state index contributed by atoms with van der Waals surface area (Å²) in [5, 5.41) is 0. The van der Waals surface area contributed by atoms with Gasteiger partial charge in [0.1, 0.15) is 12.4 Å². The van der Waals surface area contributed by atoms with E-state index in [4.69, 9.17) is 0 Å². The molecule has 0 saturated heterocycles. The van der Waals surface area contributed by atoms with Crippen molar-refractivity contribution >= 4 is 5.91 Å². The van der Waals surface area contributed by atoms with Crippen molar-refractivity contribution < 1.29 is 18.0 Å². The zero-order valence-corrected chi connectivity index (χ0v) is 15.2. The number of rotatable bonds is 4. The van der Waals surface area contributed by atoms with Crippen LogP contribution in [0.3, 0.4) is 0 Å². The van der Waals surface area contributed by atoms with Gasteiger partial charge in [-0.2, -0.15) is 13.2 Å². The lowest BCUT2D eigenvalue weighted by atomic mass is 9.78. The summed E-state index contributed by atoms with van der Waals surface area (Å²) in [5.74, 6) is 0.158. The largest absolute Gasteiger partial charge is 0.406 e. The van der Waals surface area contributed by atoms with Crippen LogP contribution in [0.4, 0.5) is 13.2 Å². The SMILES string of the molecule is CN(Cc1nccn1CC(F)(F)F)C(=O)C1CC12CCCc1ccccc12. The first kappa shape index (κ1) is 18.1. The van der Waals surface area contributed by atoms with Gasteiger partial charge in [0.2, 0.25) is 5.91 Å². The summed E-state index contributed by atoms with van der Waals surface area (Å²) in [7, 11) is 1.65. The van der Waals surface area contributed by atoms with Gasteiger partial charge in [-0.3, -0.25) is 4.79 Å². The van der Waals surface area contributed by atoms with Crippen LogP contribution in [0.25, 0.3) is 0 Å². The predicted octanol–water partition coefficient (Wildman–Crippen LogP) is 3.70. The summed E-state index contributed by atoms with van der Waals surface area (Å²) in [5.41, 5.74) is 2.52. The van der Waals surface area contributed by atoms with Crippen LogP contribution in [0.15, 0.2) is 36.7 Å². The zero-order chi connectivity index (χ0) is 19.2. The highest BCUT2D eigenvalue weighted by atomic mass is 19.4. The quantitative estimate of drug-likeness (QED) is 0.815. The summed E-state index contributed by atoms with van der Waals surface area (Å²) in [6, 6.07) is 8.30. The van der Waals surface area contributed by atoms with Crippen molar-refractivity contribution in [3.63, 3.8) is 0 Å². The summed E-state index contributed by atoms with van der Waals surface area (Å²) in [6.45, 7) is -1.01. The lowest BCUT2D eigenvalue weighted by molar-refractivity contribution is -0.141.